The minimum atomic E-state index is -4.85. The molecule has 0 aliphatic carbocycles. The zero-order valence-corrected chi connectivity index (χ0v) is 23.1. The Morgan fingerprint density at radius 3 is 2.37 bits per heavy atom. The lowest BCUT2D eigenvalue weighted by atomic mass is 10.0. The van der Waals surface area contributed by atoms with Crippen molar-refractivity contribution in [2.75, 3.05) is 5.32 Å². The number of amides is 2. The molecule has 0 aliphatic rings. The van der Waals surface area contributed by atoms with Gasteiger partial charge in [0.25, 0.3) is 11.8 Å². The number of alkyl halides is 3. The maximum atomic E-state index is 13.5. The Balaban J connectivity index is 1.88. The van der Waals surface area contributed by atoms with Crippen molar-refractivity contribution in [3.05, 3.63) is 80.1 Å². The van der Waals surface area contributed by atoms with Gasteiger partial charge in [-0.15, -0.1) is 0 Å². The second kappa shape index (κ2) is 10.2. The molecule has 2 aromatic heterocycles. The summed E-state index contributed by atoms with van der Waals surface area (Å²) in [7, 11) is 0. The van der Waals surface area contributed by atoms with Crippen molar-refractivity contribution >= 4 is 67.4 Å². The van der Waals surface area contributed by atoms with Crippen LogP contribution in [0, 0.1) is 0 Å². The van der Waals surface area contributed by atoms with E-state index in [1.54, 1.807) is 39.0 Å². The maximum absolute atomic E-state index is 13.5. The van der Waals surface area contributed by atoms with Crippen molar-refractivity contribution in [2.45, 2.75) is 32.5 Å². The van der Waals surface area contributed by atoms with Crippen molar-refractivity contribution in [2.24, 2.45) is 0 Å². The fraction of sp³-hybridized carbons (Fsp3) is 0.200. The highest BCUT2D eigenvalue weighted by Gasteiger charge is 2.37. The number of pyridine rings is 1. The molecular weight excluding hydrogens is 610 g/mol. The van der Waals surface area contributed by atoms with Gasteiger partial charge < -0.3 is 10.6 Å². The number of nitrogens with zero attached hydrogens (tertiary/aromatic N) is 3. The summed E-state index contributed by atoms with van der Waals surface area (Å²) in [4.78, 5) is 30.6. The van der Waals surface area contributed by atoms with E-state index in [2.05, 4.69) is 36.6 Å². The van der Waals surface area contributed by atoms with Gasteiger partial charge in [0, 0.05) is 27.7 Å². The van der Waals surface area contributed by atoms with Gasteiger partial charge in [-0.1, -0.05) is 45.2 Å². The van der Waals surface area contributed by atoms with E-state index in [0.29, 0.717) is 21.5 Å². The Bertz CT molecular complexity index is 1580. The first-order valence-corrected chi connectivity index (χ1v) is 12.5. The van der Waals surface area contributed by atoms with Gasteiger partial charge >= 0.3 is 6.18 Å². The lowest BCUT2D eigenvalue weighted by molar-refractivity contribution is -0.141. The Kier molecular flexibility index (Phi) is 7.48. The van der Waals surface area contributed by atoms with Crippen molar-refractivity contribution in [3.63, 3.8) is 0 Å². The Hall–Kier alpha value is -3.15. The number of hydrogen-bond acceptors (Lipinski definition) is 4. The molecule has 2 heterocycles. The smallest absolute Gasteiger partial charge is 0.347 e. The highest BCUT2D eigenvalue weighted by Crippen LogP contribution is 2.37. The van der Waals surface area contributed by atoms with Gasteiger partial charge in [-0.3, -0.25) is 9.59 Å². The second-order valence-electron chi connectivity index (χ2n) is 9.27. The summed E-state index contributed by atoms with van der Waals surface area (Å²) in [5.74, 6) is -1.75. The molecule has 38 heavy (non-hydrogen) atoms. The molecule has 0 fully saturated rings. The summed E-state index contributed by atoms with van der Waals surface area (Å²) in [6, 6.07) is 10.1. The number of halogens is 6. The molecule has 2 N–H and O–H groups in total. The first kappa shape index (κ1) is 27.9. The molecule has 0 saturated carbocycles. The SMILES string of the molecule is CC(C)(C)NC(=O)c1cc2cc(Br)ccc2c(Cl)c1NC(=O)c1cc(C(F)(F)F)nn1-c1ncccc1Cl. The monoisotopic (exact) mass is 627 g/mol. The summed E-state index contributed by atoms with van der Waals surface area (Å²) < 4.78 is 42.1. The van der Waals surface area contributed by atoms with Crippen LogP contribution in [0.25, 0.3) is 16.6 Å². The van der Waals surface area contributed by atoms with Crippen LogP contribution < -0.4 is 10.6 Å². The van der Waals surface area contributed by atoms with E-state index in [9.17, 15) is 22.8 Å². The molecule has 7 nitrogen and oxygen atoms in total. The van der Waals surface area contributed by atoms with Crippen LogP contribution in [0.5, 0.6) is 0 Å². The van der Waals surface area contributed by atoms with Crippen LogP contribution in [0.1, 0.15) is 47.3 Å². The minimum absolute atomic E-state index is 0.0156. The fourth-order valence-electron chi connectivity index (χ4n) is 3.60. The number of benzene rings is 2. The van der Waals surface area contributed by atoms with Gasteiger partial charge in [0.05, 0.1) is 21.3 Å². The number of anilines is 1. The highest BCUT2D eigenvalue weighted by atomic mass is 79.9. The molecule has 2 amide bonds. The first-order chi connectivity index (χ1) is 17.7. The largest absolute Gasteiger partial charge is 0.435 e. The van der Waals surface area contributed by atoms with Crippen LogP contribution in [0.15, 0.2) is 53.1 Å². The quantitative estimate of drug-likeness (QED) is 0.248. The second-order valence-corrected chi connectivity index (χ2v) is 11.0. The fourth-order valence-corrected chi connectivity index (χ4v) is 4.50. The zero-order chi connectivity index (χ0) is 28.0. The molecule has 198 valence electrons. The number of carbonyl (C=O) groups excluding carboxylic acids is 2. The van der Waals surface area contributed by atoms with Crippen LogP contribution in [0.3, 0.4) is 0 Å². The molecule has 0 unspecified atom stereocenters. The standard InChI is InChI=1S/C25H19BrCl2F3N5O2/c1-24(2,3)34-22(37)15-10-12-9-13(26)6-7-14(12)19(28)20(15)33-23(38)17-11-18(25(29,30)31)35-36(17)21-16(27)5-4-8-32-21/h4-11H,1-3H3,(H,33,38)(H,34,37). The van der Waals surface area contributed by atoms with Crippen molar-refractivity contribution in [1.29, 1.82) is 0 Å². The van der Waals surface area contributed by atoms with Crippen LogP contribution in [-0.2, 0) is 6.18 Å². The molecule has 4 rings (SSSR count). The van der Waals surface area contributed by atoms with E-state index in [0.717, 1.165) is 4.47 Å². The van der Waals surface area contributed by atoms with Crippen molar-refractivity contribution in [1.82, 2.24) is 20.1 Å². The number of nitrogens with one attached hydrogen (secondary N) is 2. The number of fused-ring (bicyclic) bond motifs is 1. The lowest BCUT2D eigenvalue weighted by Crippen LogP contribution is -2.41. The molecule has 0 aliphatic heterocycles. The zero-order valence-electron chi connectivity index (χ0n) is 20.0. The predicted molar refractivity (Wildman–Crippen MR) is 143 cm³/mol. The number of hydrogen-bond donors (Lipinski definition) is 2. The third-order valence-corrected chi connectivity index (χ3v) is 6.36. The van der Waals surface area contributed by atoms with E-state index in [1.807, 2.05) is 0 Å². The third-order valence-electron chi connectivity index (χ3n) is 5.18. The number of carbonyl (C=O) groups is 2. The normalized spacial score (nSPS) is 12.0. The van der Waals surface area contributed by atoms with Gasteiger partial charge in [0.15, 0.2) is 11.5 Å². The molecule has 13 heteroatoms. The Morgan fingerprint density at radius 1 is 1.03 bits per heavy atom. The van der Waals surface area contributed by atoms with E-state index >= 15 is 0 Å². The summed E-state index contributed by atoms with van der Waals surface area (Å²) in [6.07, 6.45) is -3.56. The van der Waals surface area contributed by atoms with Gasteiger partial charge in [-0.25, -0.2) is 9.67 Å². The van der Waals surface area contributed by atoms with Gasteiger partial charge in [0.2, 0.25) is 0 Å². The number of aromatic nitrogens is 3. The summed E-state index contributed by atoms with van der Waals surface area (Å²) >= 11 is 16.2. The van der Waals surface area contributed by atoms with E-state index in [1.165, 1.54) is 24.4 Å². The summed E-state index contributed by atoms with van der Waals surface area (Å²) in [5, 5.41) is 9.97. The Morgan fingerprint density at radius 2 is 1.74 bits per heavy atom. The molecular formula is C25H19BrCl2F3N5O2. The minimum Gasteiger partial charge on any atom is -0.347 e. The molecule has 0 atom stereocenters. The predicted octanol–water partition coefficient (Wildman–Crippen LogP) is 7.29. The third kappa shape index (κ3) is 5.79. The molecule has 0 spiro atoms. The topological polar surface area (TPSA) is 88.9 Å². The molecule has 0 radical (unpaired) electrons. The summed E-state index contributed by atoms with van der Waals surface area (Å²) in [5.41, 5.74) is -2.55. The molecule has 2 aromatic carbocycles. The Labute approximate surface area is 233 Å². The van der Waals surface area contributed by atoms with Crippen LogP contribution in [0.2, 0.25) is 10.0 Å². The summed E-state index contributed by atoms with van der Waals surface area (Å²) in [6.45, 7) is 5.32. The van der Waals surface area contributed by atoms with Gasteiger partial charge in [-0.2, -0.15) is 18.3 Å². The molecule has 0 bridgehead atoms. The average molecular weight is 629 g/mol. The highest BCUT2D eigenvalue weighted by molar-refractivity contribution is 9.10. The van der Waals surface area contributed by atoms with Gasteiger partial charge in [-0.05, 0) is 56.5 Å². The van der Waals surface area contributed by atoms with E-state index in [4.69, 9.17) is 23.2 Å². The van der Waals surface area contributed by atoms with Crippen LogP contribution >= 0.6 is 39.1 Å². The molecule has 0 saturated heterocycles. The maximum Gasteiger partial charge on any atom is 0.435 e. The molecule has 4 aromatic rings. The van der Waals surface area contributed by atoms with E-state index in [-0.39, 0.29) is 27.1 Å². The number of rotatable bonds is 4. The van der Waals surface area contributed by atoms with E-state index < -0.39 is 34.9 Å². The van der Waals surface area contributed by atoms with Crippen LogP contribution in [-0.4, -0.2) is 32.1 Å². The van der Waals surface area contributed by atoms with Gasteiger partial charge in [0.1, 0.15) is 5.69 Å². The lowest BCUT2D eigenvalue weighted by Gasteiger charge is -2.22. The van der Waals surface area contributed by atoms with Crippen molar-refractivity contribution < 1.29 is 22.8 Å². The first-order valence-electron chi connectivity index (χ1n) is 11.0. The van der Waals surface area contributed by atoms with Crippen molar-refractivity contribution in [3.8, 4) is 5.82 Å². The van der Waals surface area contributed by atoms with Crippen LogP contribution in [0.4, 0.5) is 18.9 Å². The average Bonchev–Trinajstić information content (AvgIpc) is 3.26.